The fourth-order valence-corrected chi connectivity index (χ4v) is 2.84. The number of aryl methyl sites for hydroxylation is 1. The van der Waals surface area contributed by atoms with Crippen LogP contribution in [0.2, 0.25) is 0 Å². The first-order valence-electron chi connectivity index (χ1n) is 6.61. The minimum atomic E-state index is 0.375. The molecule has 0 saturated carbocycles. The first kappa shape index (κ1) is 13.3. The lowest BCUT2D eigenvalue weighted by atomic mass is 10.2. The zero-order valence-corrected chi connectivity index (χ0v) is 11.9. The molecule has 2 rings (SSSR count). The van der Waals surface area contributed by atoms with Gasteiger partial charge in [0.1, 0.15) is 5.01 Å². The van der Waals surface area contributed by atoms with Crippen LogP contribution in [-0.4, -0.2) is 9.55 Å². The fraction of sp³-hybridized carbons (Fsp3) is 0.500. The fourth-order valence-electron chi connectivity index (χ4n) is 2.05. The van der Waals surface area contributed by atoms with Gasteiger partial charge < -0.3 is 9.88 Å². The molecule has 0 spiro atoms. The summed E-state index contributed by atoms with van der Waals surface area (Å²) >= 11 is 1.73. The number of thiazole rings is 1. The van der Waals surface area contributed by atoms with Crippen LogP contribution in [-0.2, 0) is 13.1 Å². The highest BCUT2D eigenvalue weighted by atomic mass is 32.1. The standard InChI is InChI=1S/C14H21N3S/c1-3-7-17-8-5-12(11-17)10-16-13(4-2)14-15-6-9-18-14/h5-6,8-9,11,13,16H,3-4,7,10H2,1-2H3. The molecule has 1 atom stereocenters. The van der Waals surface area contributed by atoms with Gasteiger partial charge in [-0.25, -0.2) is 4.98 Å². The van der Waals surface area contributed by atoms with Crippen LogP contribution in [0.15, 0.2) is 30.0 Å². The summed E-state index contributed by atoms with van der Waals surface area (Å²) in [5, 5.41) is 6.80. The van der Waals surface area contributed by atoms with Crippen molar-refractivity contribution in [2.24, 2.45) is 0 Å². The lowest BCUT2D eigenvalue weighted by molar-refractivity contribution is 0.516. The van der Waals surface area contributed by atoms with E-state index in [0.717, 1.165) is 19.5 Å². The maximum absolute atomic E-state index is 4.39. The van der Waals surface area contributed by atoms with Gasteiger partial charge in [-0.3, -0.25) is 0 Å². The van der Waals surface area contributed by atoms with E-state index in [0.29, 0.717) is 6.04 Å². The van der Waals surface area contributed by atoms with E-state index >= 15 is 0 Å². The second-order valence-corrected chi connectivity index (χ2v) is 5.40. The Morgan fingerprint density at radius 1 is 1.44 bits per heavy atom. The van der Waals surface area contributed by atoms with Gasteiger partial charge in [0.05, 0.1) is 6.04 Å². The smallest absolute Gasteiger partial charge is 0.109 e. The normalized spacial score (nSPS) is 12.8. The average molecular weight is 263 g/mol. The molecule has 0 saturated heterocycles. The molecular formula is C14H21N3S. The topological polar surface area (TPSA) is 29.9 Å². The lowest BCUT2D eigenvalue weighted by Gasteiger charge is -2.13. The molecule has 0 radical (unpaired) electrons. The summed E-state index contributed by atoms with van der Waals surface area (Å²) in [5.74, 6) is 0. The van der Waals surface area contributed by atoms with Crippen LogP contribution in [0.25, 0.3) is 0 Å². The van der Waals surface area contributed by atoms with E-state index in [1.165, 1.54) is 17.0 Å². The summed E-state index contributed by atoms with van der Waals surface area (Å²) in [6.45, 7) is 6.41. The number of nitrogens with zero attached hydrogens (tertiary/aromatic N) is 2. The average Bonchev–Trinajstić information content (AvgIpc) is 3.02. The van der Waals surface area contributed by atoms with Crippen molar-refractivity contribution in [1.82, 2.24) is 14.9 Å². The molecule has 0 bridgehead atoms. The Morgan fingerprint density at radius 3 is 3.00 bits per heavy atom. The van der Waals surface area contributed by atoms with Crippen LogP contribution in [0.1, 0.15) is 43.3 Å². The molecule has 2 heterocycles. The van der Waals surface area contributed by atoms with Crippen molar-refractivity contribution in [1.29, 1.82) is 0 Å². The van der Waals surface area contributed by atoms with Crippen LogP contribution >= 0.6 is 11.3 Å². The largest absolute Gasteiger partial charge is 0.354 e. The minimum Gasteiger partial charge on any atom is -0.354 e. The van der Waals surface area contributed by atoms with E-state index in [4.69, 9.17) is 0 Å². The van der Waals surface area contributed by atoms with Gasteiger partial charge >= 0.3 is 0 Å². The Kier molecular flexibility index (Phi) is 4.96. The summed E-state index contributed by atoms with van der Waals surface area (Å²) in [6.07, 6.45) is 8.51. The first-order chi connectivity index (χ1) is 8.83. The zero-order chi connectivity index (χ0) is 12.8. The van der Waals surface area contributed by atoms with Crippen molar-refractivity contribution < 1.29 is 0 Å². The highest BCUT2D eigenvalue weighted by Crippen LogP contribution is 2.19. The van der Waals surface area contributed by atoms with E-state index in [-0.39, 0.29) is 0 Å². The summed E-state index contributed by atoms with van der Waals surface area (Å²) in [4.78, 5) is 4.39. The van der Waals surface area contributed by atoms with Crippen LogP contribution in [0.5, 0.6) is 0 Å². The third kappa shape index (κ3) is 3.43. The summed E-state index contributed by atoms with van der Waals surface area (Å²) in [5.41, 5.74) is 1.35. The summed E-state index contributed by atoms with van der Waals surface area (Å²) in [6, 6.07) is 2.57. The number of aromatic nitrogens is 2. The Hall–Kier alpha value is -1.13. The second kappa shape index (κ2) is 6.71. The predicted octanol–water partition coefficient (Wildman–Crippen LogP) is 3.60. The van der Waals surface area contributed by atoms with Gasteiger partial charge in [0.15, 0.2) is 0 Å². The Balaban J connectivity index is 1.89. The van der Waals surface area contributed by atoms with Gasteiger partial charge in [-0.1, -0.05) is 13.8 Å². The van der Waals surface area contributed by atoms with E-state index in [1.54, 1.807) is 11.3 Å². The molecule has 0 aliphatic heterocycles. The van der Waals surface area contributed by atoms with Gasteiger partial charge in [0, 0.05) is 37.1 Å². The number of nitrogens with one attached hydrogen (secondary N) is 1. The molecule has 2 aromatic rings. The third-order valence-corrected chi connectivity index (χ3v) is 3.89. The summed E-state index contributed by atoms with van der Waals surface area (Å²) < 4.78 is 2.25. The monoisotopic (exact) mass is 263 g/mol. The van der Waals surface area contributed by atoms with Crippen LogP contribution < -0.4 is 5.32 Å². The molecule has 18 heavy (non-hydrogen) atoms. The van der Waals surface area contributed by atoms with E-state index < -0.39 is 0 Å². The molecule has 0 aromatic carbocycles. The van der Waals surface area contributed by atoms with E-state index in [1.807, 2.05) is 11.6 Å². The van der Waals surface area contributed by atoms with Crippen molar-refractivity contribution in [3.8, 4) is 0 Å². The molecule has 0 aliphatic rings. The molecule has 0 fully saturated rings. The Labute approximate surface area is 113 Å². The van der Waals surface area contributed by atoms with Crippen LogP contribution in [0, 0.1) is 0 Å². The van der Waals surface area contributed by atoms with Crippen molar-refractivity contribution in [2.75, 3.05) is 0 Å². The molecule has 2 aromatic heterocycles. The van der Waals surface area contributed by atoms with E-state index in [9.17, 15) is 0 Å². The van der Waals surface area contributed by atoms with Gasteiger partial charge in [-0.2, -0.15) is 0 Å². The Bertz CT molecular complexity index is 447. The molecule has 98 valence electrons. The lowest BCUT2D eigenvalue weighted by Crippen LogP contribution is -2.19. The highest BCUT2D eigenvalue weighted by molar-refractivity contribution is 7.09. The van der Waals surface area contributed by atoms with Crippen molar-refractivity contribution in [3.05, 3.63) is 40.6 Å². The second-order valence-electron chi connectivity index (χ2n) is 4.47. The molecular weight excluding hydrogens is 242 g/mol. The van der Waals surface area contributed by atoms with Gasteiger partial charge in [0.25, 0.3) is 0 Å². The Morgan fingerprint density at radius 2 is 2.33 bits per heavy atom. The summed E-state index contributed by atoms with van der Waals surface area (Å²) in [7, 11) is 0. The molecule has 3 nitrogen and oxygen atoms in total. The van der Waals surface area contributed by atoms with Gasteiger partial charge in [-0.15, -0.1) is 11.3 Å². The number of rotatable bonds is 7. The first-order valence-corrected chi connectivity index (χ1v) is 7.48. The maximum atomic E-state index is 4.39. The van der Waals surface area contributed by atoms with E-state index in [2.05, 4.69) is 47.2 Å². The molecule has 1 N–H and O–H groups in total. The van der Waals surface area contributed by atoms with Crippen molar-refractivity contribution >= 4 is 11.3 Å². The quantitative estimate of drug-likeness (QED) is 0.827. The number of hydrogen-bond acceptors (Lipinski definition) is 3. The van der Waals surface area contributed by atoms with Crippen molar-refractivity contribution in [2.45, 2.75) is 45.8 Å². The van der Waals surface area contributed by atoms with Crippen molar-refractivity contribution in [3.63, 3.8) is 0 Å². The van der Waals surface area contributed by atoms with Crippen LogP contribution in [0.4, 0.5) is 0 Å². The molecule has 0 amide bonds. The molecule has 0 aliphatic carbocycles. The highest BCUT2D eigenvalue weighted by Gasteiger charge is 2.11. The number of hydrogen-bond donors (Lipinski definition) is 1. The maximum Gasteiger partial charge on any atom is 0.109 e. The van der Waals surface area contributed by atoms with Gasteiger partial charge in [-0.05, 0) is 24.5 Å². The SMILES string of the molecule is CCCn1ccc(CNC(CC)c2nccs2)c1. The zero-order valence-electron chi connectivity index (χ0n) is 11.1. The third-order valence-electron chi connectivity index (χ3n) is 3.00. The molecule has 4 heteroatoms. The van der Waals surface area contributed by atoms with Gasteiger partial charge in [0.2, 0.25) is 0 Å². The molecule has 1 unspecified atom stereocenters. The van der Waals surface area contributed by atoms with Crippen LogP contribution in [0.3, 0.4) is 0 Å². The predicted molar refractivity (Wildman–Crippen MR) is 76.7 cm³/mol. The minimum absolute atomic E-state index is 0.375.